The minimum atomic E-state index is 0. The summed E-state index contributed by atoms with van der Waals surface area (Å²) in [4.78, 5) is 0. The van der Waals surface area contributed by atoms with E-state index in [9.17, 15) is 0 Å². The minimum Gasteiger partial charge on any atom is -0.344 e. The van der Waals surface area contributed by atoms with Gasteiger partial charge < -0.3 is 6.15 Å². The fourth-order valence-corrected chi connectivity index (χ4v) is 6.33. The van der Waals surface area contributed by atoms with E-state index >= 15 is 0 Å². The molecule has 1 heteroatoms. The molecule has 226 valence electrons. The highest BCUT2D eigenvalue weighted by molar-refractivity contribution is 4.72. The first kappa shape index (κ1) is 39.1. The smallest absolute Gasteiger partial charge is 0.0386 e. The van der Waals surface area contributed by atoms with Gasteiger partial charge in [0, 0.05) is 0 Å². The van der Waals surface area contributed by atoms with Crippen LogP contribution in [0.5, 0.6) is 0 Å². The summed E-state index contributed by atoms with van der Waals surface area (Å²) in [6, 6.07) is 0. The van der Waals surface area contributed by atoms with E-state index in [-0.39, 0.29) is 6.15 Å². The van der Waals surface area contributed by atoms with Crippen LogP contribution in [0.2, 0.25) is 0 Å². The van der Waals surface area contributed by atoms with Crippen molar-refractivity contribution in [2.75, 3.05) is 0 Å². The maximum atomic E-state index is 2.34. The van der Waals surface area contributed by atoms with Crippen LogP contribution in [-0.2, 0) is 0 Å². The number of rotatable bonds is 31. The topological polar surface area (TPSA) is 35.0 Å². The predicted molar refractivity (Wildman–Crippen MR) is 173 cm³/mol. The summed E-state index contributed by atoms with van der Waals surface area (Å²) in [6.45, 7) is 9.36. The zero-order chi connectivity index (χ0) is 26.4. The van der Waals surface area contributed by atoms with Crippen LogP contribution in [0.3, 0.4) is 0 Å². The van der Waals surface area contributed by atoms with E-state index in [0.29, 0.717) is 0 Å². The Balaban J connectivity index is 0. The molecule has 0 rings (SSSR count). The molecule has 0 amide bonds. The Morgan fingerprint density at radius 2 is 0.405 bits per heavy atom. The van der Waals surface area contributed by atoms with Gasteiger partial charge in [-0.2, -0.15) is 0 Å². The molecule has 0 fully saturated rings. The fourth-order valence-electron chi connectivity index (χ4n) is 6.33. The number of hydrogen-bond acceptors (Lipinski definition) is 1. The van der Waals surface area contributed by atoms with Crippen molar-refractivity contribution < 1.29 is 0 Å². The van der Waals surface area contributed by atoms with E-state index in [2.05, 4.69) is 27.7 Å². The summed E-state index contributed by atoms with van der Waals surface area (Å²) < 4.78 is 0. The Labute approximate surface area is 238 Å². The van der Waals surface area contributed by atoms with Gasteiger partial charge in [-0.15, -0.1) is 0 Å². The third-order valence-electron chi connectivity index (χ3n) is 8.88. The Hall–Kier alpha value is -0.0400. The summed E-state index contributed by atoms with van der Waals surface area (Å²) in [5.41, 5.74) is 0. The van der Waals surface area contributed by atoms with Gasteiger partial charge in [-0.1, -0.05) is 220 Å². The van der Waals surface area contributed by atoms with Crippen molar-refractivity contribution in [3.8, 4) is 0 Å². The van der Waals surface area contributed by atoms with Gasteiger partial charge in [-0.3, -0.25) is 0 Å². The molecule has 37 heavy (non-hydrogen) atoms. The Morgan fingerprint density at radius 3 is 0.595 bits per heavy atom. The molecule has 0 aromatic rings. The SMILES string of the molecule is CCCCCCCCCC(CCCCCCCC)C(CCCCCCCC)CCCCCCCCC.N. The molecule has 1 nitrogen and oxygen atoms in total. The van der Waals surface area contributed by atoms with E-state index in [4.69, 9.17) is 0 Å². The van der Waals surface area contributed by atoms with Gasteiger partial charge >= 0.3 is 0 Å². The highest BCUT2D eigenvalue weighted by atomic mass is 14.3. The van der Waals surface area contributed by atoms with E-state index in [1.54, 1.807) is 25.7 Å². The van der Waals surface area contributed by atoms with Crippen LogP contribution in [-0.4, -0.2) is 0 Å². The first-order chi connectivity index (χ1) is 17.8. The second kappa shape index (κ2) is 34.0. The van der Waals surface area contributed by atoms with Crippen LogP contribution in [0.1, 0.15) is 220 Å². The molecule has 3 N–H and O–H groups in total. The zero-order valence-electron chi connectivity index (χ0n) is 27.1. The van der Waals surface area contributed by atoms with Gasteiger partial charge in [0.15, 0.2) is 0 Å². The summed E-state index contributed by atoms with van der Waals surface area (Å²) in [5, 5.41) is 0. The largest absolute Gasteiger partial charge is 0.344 e. The average Bonchev–Trinajstić information content (AvgIpc) is 2.89. The van der Waals surface area contributed by atoms with Gasteiger partial charge in [-0.05, 0) is 11.8 Å². The summed E-state index contributed by atoms with van der Waals surface area (Å²) in [6.07, 6.45) is 44.3. The summed E-state index contributed by atoms with van der Waals surface area (Å²) >= 11 is 0. The van der Waals surface area contributed by atoms with Crippen LogP contribution in [0.15, 0.2) is 0 Å². The highest BCUT2D eigenvalue weighted by Crippen LogP contribution is 2.33. The molecule has 0 bridgehead atoms. The molecule has 2 atom stereocenters. The van der Waals surface area contributed by atoms with Crippen molar-refractivity contribution in [2.45, 2.75) is 220 Å². The molecule has 0 aromatic heterocycles. The molecule has 0 spiro atoms. The lowest BCUT2D eigenvalue weighted by Gasteiger charge is -2.28. The number of unbranched alkanes of at least 4 members (excludes halogenated alkanes) is 22. The Bertz CT molecular complexity index is 343. The van der Waals surface area contributed by atoms with Gasteiger partial charge in [0.1, 0.15) is 0 Å². The van der Waals surface area contributed by atoms with E-state index in [1.807, 2.05) is 0 Å². The van der Waals surface area contributed by atoms with Crippen molar-refractivity contribution in [3.05, 3.63) is 0 Å². The normalized spacial score (nSPS) is 13.0. The monoisotopic (exact) mass is 524 g/mol. The first-order valence-corrected chi connectivity index (χ1v) is 17.8. The van der Waals surface area contributed by atoms with Gasteiger partial charge in [0.2, 0.25) is 0 Å². The molecule has 0 aromatic carbocycles. The van der Waals surface area contributed by atoms with Crippen molar-refractivity contribution >= 4 is 0 Å². The quantitative estimate of drug-likeness (QED) is 0.0900. The van der Waals surface area contributed by atoms with Crippen LogP contribution < -0.4 is 6.15 Å². The van der Waals surface area contributed by atoms with Crippen molar-refractivity contribution in [3.63, 3.8) is 0 Å². The molecular formula is C36H77N. The third kappa shape index (κ3) is 28.8. The molecule has 0 aliphatic carbocycles. The highest BCUT2D eigenvalue weighted by Gasteiger charge is 2.20. The molecule has 0 radical (unpaired) electrons. The maximum Gasteiger partial charge on any atom is -0.0386 e. The Kier molecular flexibility index (Phi) is 35.9. The minimum absolute atomic E-state index is 0. The number of hydrogen-bond donors (Lipinski definition) is 1. The van der Waals surface area contributed by atoms with Crippen LogP contribution in [0, 0.1) is 11.8 Å². The first-order valence-electron chi connectivity index (χ1n) is 17.8. The van der Waals surface area contributed by atoms with Gasteiger partial charge in [0.05, 0.1) is 0 Å². The Morgan fingerprint density at radius 1 is 0.243 bits per heavy atom. The molecule has 0 aliphatic heterocycles. The lowest BCUT2D eigenvalue weighted by atomic mass is 9.78. The molecule has 0 aliphatic rings. The van der Waals surface area contributed by atoms with E-state index in [0.717, 1.165) is 11.8 Å². The fraction of sp³-hybridized carbons (Fsp3) is 1.00. The molecule has 2 unspecified atom stereocenters. The van der Waals surface area contributed by atoms with Gasteiger partial charge in [0.25, 0.3) is 0 Å². The lowest BCUT2D eigenvalue weighted by Crippen LogP contribution is -2.16. The molecular weight excluding hydrogens is 446 g/mol. The van der Waals surface area contributed by atoms with E-state index in [1.165, 1.54) is 167 Å². The standard InChI is InChI=1S/C36H74.H3N/c1-5-9-13-17-21-25-29-33-35(31-27-23-19-15-11-7-3)36(32-28-24-20-16-12-8-4)34-30-26-22-18-14-10-6-2;/h35-36H,5-34H2,1-4H3;1H3. The summed E-state index contributed by atoms with van der Waals surface area (Å²) in [7, 11) is 0. The third-order valence-corrected chi connectivity index (χ3v) is 8.88. The molecule has 0 heterocycles. The van der Waals surface area contributed by atoms with Crippen molar-refractivity contribution in [1.82, 2.24) is 6.15 Å². The van der Waals surface area contributed by atoms with Crippen LogP contribution in [0.4, 0.5) is 0 Å². The average molecular weight is 524 g/mol. The van der Waals surface area contributed by atoms with Crippen LogP contribution >= 0.6 is 0 Å². The van der Waals surface area contributed by atoms with Gasteiger partial charge in [-0.25, -0.2) is 0 Å². The molecule has 0 saturated carbocycles. The molecule has 0 saturated heterocycles. The second-order valence-electron chi connectivity index (χ2n) is 12.5. The van der Waals surface area contributed by atoms with E-state index < -0.39 is 0 Å². The zero-order valence-corrected chi connectivity index (χ0v) is 27.1. The second-order valence-corrected chi connectivity index (χ2v) is 12.5. The van der Waals surface area contributed by atoms with Crippen LogP contribution in [0.25, 0.3) is 0 Å². The van der Waals surface area contributed by atoms with Crippen molar-refractivity contribution in [1.29, 1.82) is 0 Å². The van der Waals surface area contributed by atoms with Crippen molar-refractivity contribution in [2.24, 2.45) is 11.8 Å². The lowest BCUT2D eigenvalue weighted by molar-refractivity contribution is 0.236. The summed E-state index contributed by atoms with van der Waals surface area (Å²) in [5.74, 6) is 2.06. The predicted octanol–water partition coefficient (Wildman–Crippen LogP) is 14.2. The maximum absolute atomic E-state index is 2.34.